The van der Waals surface area contributed by atoms with Gasteiger partial charge in [-0.25, -0.2) is 4.79 Å². The molecule has 2 N–H and O–H groups in total. The van der Waals surface area contributed by atoms with Crippen LogP contribution in [0, 0.1) is 10.1 Å². The molecule has 0 aliphatic heterocycles. The van der Waals surface area contributed by atoms with Crippen molar-refractivity contribution in [3.8, 4) is 0 Å². The van der Waals surface area contributed by atoms with Gasteiger partial charge in [-0.05, 0) is 12.5 Å². The van der Waals surface area contributed by atoms with Crippen molar-refractivity contribution >= 4 is 17.6 Å². The molecule has 1 rings (SSSR count). The highest BCUT2D eigenvalue weighted by atomic mass is 16.6. The van der Waals surface area contributed by atoms with Gasteiger partial charge in [-0.1, -0.05) is 19.8 Å². The molecule has 0 aliphatic rings. The Morgan fingerprint density at radius 3 is 2.45 bits per heavy atom. The van der Waals surface area contributed by atoms with Gasteiger partial charge in [-0.15, -0.1) is 0 Å². The smallest absolute Gasteiger partial charge is 0.335 e. The molecule has 0 saturated heterocycles. The van der Waals surface area contributed by atoms with E-state index < -0.39 is 22.5 Å². The van der Waals surface area contributed by atoms with Crippen LogP contribution in [0.3, 0.4) is 0 Å². The number of aromatic carboxylic acids is 1. The van der Waals surface area contributed by atoms with Crippen LogP contribution in [-0.2, 0) is 0 Å². The third-order valence-corrected chi connectivity index (χ3v) is 2.70. The van der Waals surface area contributed by atoms with Crippen molar-refractivity contribution in [3.05, 3.63) is 39.4 Å². The van der Waals surface area contributed by atoms with Crippen LogP contribution in [0.25, 0.3) is 0 Å². The molecular weight excluding hydrogens is 264 g/mol. The highest BCUT2D eigenvalue weighted by molar-refractivity contribution is 5.98. The molecular formula is C13H16N2O5. The van der Waals surface area contributed by atoms with E-state index in [1.807, 2.05) is 6.92 Å². The Morgan fingerprint density at radius 1 is 1.25 bits per heavy atom. The molecule has 0 unspecified atom stereocenters. The second-order valence-corrected chi connectivity index (χ2v) is 4.29. The molecule has 0 bridgehead atoms. The maximum absolute atomic E-state index is 11.8. The fourth-order valence-electron chi connectivity index (χ4n) is 1.65. The number of nitro benzene ring substituents is 1. The first kappa shape index (κ1) is 15.6. The largest absolute Gasteiger partial charge is 0.478 e. The molecule has 7 nitrogen and oxygen atoms in total. The predicted molar refractivity (Wildman–Crippen MR) is 71.9 cm³/mol. The quantitative estimate of drug-likeness (QED) is 0.452. The van der Waals surface area contributed by atoms with Crippen LogP contribution in [0.2, 0.25) is 0 Å². The van der Waals surface area contributed by atoms with E-state index in [0.717, 1.165) is 37.5 Å². The first-order chi connectivity index (χ1) is 9.45. The van der Waals surface area contributed by atoms with Gasteiger partial charge in [-0.2, -0.15) is 0 Å². The van der Waals surface area contributed by atoms with E-state index >= 15 is 0 Å². The number of carbonyl (C=O) groups excluding carboxylic acids is 1. The summed E-state index contributed by atoms with van der Waals surface area (Å²) in [5.41, 5.74) is -0.713. The summed E-state index contributed by atoms with van der Waals surface area (Å²) in [5, 5.41) is 22.2. The Morgan fingerprint density at radius 2 is 1.90 bits per heavy atom. The van der Waals surface area contributed by atoms with Crippen molar-refractivity contribution in [2.24, 2.45) is 0 Å². The summed E-state index contributed by atoms with van der Waals surface area (Å²) < 4.78 is 0. The number of hydrogen-bond acceptors (Lipinski definition) is 4. The summed E-state index contributed by atoms with van der Waals surface area (Å²) in [5.74, 6) is -1.82. The first-order valence-electron chi connectivity index (χ1n) is 6.26. The lowest BCUT2D eigenvalue weighted by molar-refractivity contribution is -0.384. The molecule has 1 aromatic rings. The van der Waals surface area contributed by atoms with Gasteiger partial charge in [0.15, 0.2) is 0 Å². The maximum atomic E-state index is 11.8. The highest BCUT2D eigenvalue weighted by Crippen LogP contribution is 2.17. The molecule has 0 spiro atoms. The Balaban J connectivity index is 2.90. The van der Waals surface area contributed by atoms with Crippen molar-refractivity contribution < 1.29 is 19.6 Å². The number of rotatable bonds is 7. The zero-order valence-corrected chi connectivity index (χ0v) is 11.1. The minimum Gasteiger partial charge on any atom is -0.478 e. The molecule has 20 heavy (non-hydrogen) atoms. The Labute approximate surface area is 115 Å². The summed E-state index contributed by atoms with van der Waals surface area (Å²) in [6, 6.07) is 3.13. The molecule has 1 aromatic carbocycles. The average molecular weight is 280 g/mol. The average Bonchev–Trinajstić information content (AvgIpc) is 2.42. The zero-order valence-electron chi connectivity index (χ0n) is 11.1. The number of nitrogens with one attached hydrogen (secondary N) is 1. The van der Waals surface area contributed by atoms with E-state index in [9.17, 15) is 19.7 Å². The monoisotopic (exact) mass is 280 g/mol. The number of non-ortho nitro benzene ring substituents is 1. The molecule has 0 fully saturated rings. The molecule has 0 saturated carbocycles. The minimum absolute atomic E-state index is 0.0203. The van der Waals surface area contributed by atoms with Gasteiger partial charge in [-0.3, -0.25) is 14.9 Å². The van der Waals surface area contributed by atoms with E-state index in [2.05, 4.69) is 5.32 Å². The molecule has 1 amide bonds. The van der Waals surface area contributed by atoms with Gasteiger partial charge in [0.05, 0.1) is 10.5 Å². The van der Waals surface area contributed by atoms with Crippen LogP contribution < -0.4 is 5.32 Å². The fraction of sp³-hybridized carbons (Fsp3) is 0.385. The number of amides is 1. The van der Waals surface area contributed by atoms with Crippen LogP contribution >= 0.6 is 0 Å². The van der Waals surface area contributed by atoms with E-state index in [-0.39, 0.29) is 11.1 Å². The summed E-state index contributed by atoms with van der Waals surface area (Å²) in [4.78, 5) is 32.7. The molecule has 0 aromatic heterocycles. The second kappa shape index (κ2) is 7.22. The van der Waals surface area contributed by atoms with Gasteiger partial charge >= 0.3 is 5.97 Å². The van der Waals surface area contributed by atoms with Gasteiger partial charge in [0, 0.05) is 24.2 Å². The second-order valence-electron chi connectivity index (χ2n) is 4.29. The van der Waals surface area contributed by atoms with Crippen LogP contribution in [0.1, 0.15) is 46.9 Å². The molecule has 7 heteroatoms. The number of hydrogen-bond donors (Lipinski definition) is 2. The Hall–Kier alpha value is -2.44. The molecule has 0 aliphatic carbocycles. The summed E-state index contributed by atoms with van der Waals surface area (Å²) >= 11 is 0. The van der Waals surface area contributed by atoms with Crippen molar-refractivity contribution in [3.63, 3.8) is 0 Å². The van der Waals surface area contributed by atoms with E-state index in [4.69, 9.17) is 5.11 Å². The lowest BCUT2D eigenvalue weighted by Gasteiger charge is -2.05. The molecule has 0 atom stereocenters. The standard InChI is InChI=1S/C13H16N2O5/c1-2-3-4-5-14-12(16)9-6-10(13(17)18)8-11(7-9)15(19)20/h6-8H,2-5H2,1H3,(H,14,16)(H,17,18). The summed E-state index contributed by atoms with van der Waals surface area (Å²) in [7, 11) is 0. The lowest BCUT2D eigenvalue weighted by atomic mass is 10.1. The summed E-state index contributed by atoms with van der Waals surface area (Å²) in [6.45, 7) is 2.49. The number of unbranched alkanes of at least 4 members (excludes halogenated alkanes) is 2. The molecule has 108 valence electrons. The van der Waals surface area contributed by atoms with E-state index in [1.165, 1.54) is 0 Å². The van der Waals surface area contributed by atoms with Crippen LogP contribution in [-0.4, -0.2) is 28.5 Å². The summed E-state index contributed by atoms with van der Waals surface area (Å²) in [6.07, 6.45) is 2.79. The van der Waals surface area contributed by atoms with Crippen molar-refractivity contribution in [1.82, 2.24) is 5.32 Å². The van der Waals surface area contributed by atoms with E-state index in [1.54, 1.807) is 0 Å². The van der Waals surface area contributed by atoms with Gasteiger partial charge < -0.3 is 10.4 Å². The minimum atomic E-state index is -1.31. The van der Waals surface area contributed by atoms with Gasteiger partial charge in [0.2, 0.25) is 0 Å². The van der Waals surface area contributed by atoms with Crippen LogP contribution in [0.15, 0.2) is 18.2 Å². The number of carbonyl (C=O) groups is 2. The first-order valence-corrected chi connectivity index (χ1v) is 6.26. The highest BCUT2D eigenvalue weighted by Gasteiger charge is 2.17. The van der Waals surface area contributed by atoms with Crippen LogP contribution in [0.5, 0.6) is 0 Å². The van der Waals surface area contributed by atoms with Crippen molar-refractivity contribution in [1.29, 1.82) is 0 Å². The number of nitro groups is 1. The Bertz CT molecular complexity index is 495. The zero-order chi connectivity index (χ0) is 15.1. The number of nitrogens with zero attached hydrogens (tertiary/aromatic N) is 1. The topological polar surface area (TPSA) is 110 Å². The van der Waals surface area contributed by atoms with Crippen molar-refractivity contribution in [2.75, 3.05) is 6.54 Å². The Kier molecular flexibility index (Phi) is 5.64. The van der Waals surface area contributed by atoms with Gasteiger partial charge in [0.1, 0.15) is 0 Å². The number of benzene rings is 1. The maximum Gasteiger partial charge on any atom is 0.335 e. The number of carboxylic acid groups (broad SMARTS) is 1. The normalized spacial score (nSPS) is 10.1. The van der Waals surface area contributed by atoms with E-state index in [0.29, 0.717) is 6.54 Å². The molecule has 0 heterocycles. The third-order valence-electron chi connectivity index (χ3n) is 2.70. The lowest BCUT2D eigenvalue weighted by Crippen LogP contribution is -2.24. The predicted octanol–water partition coefficient (Wildman–Crippen LogP) is 2.21. The number of carboxylic acids is 1. The van der Waals surface area contributed by atoms with Crippen LogP contribution in [0.4, 0.5) is 5.69 Å². The SMILES string of the molecule is CCCCCNC(=O)c1cc(C(=O)O)cc([N+](=O)[O-])c1. The third kappa shape index (κ3) is 4.34. The van der Waals surface area contributed by atoms with Gasteiger partial charge in [0.25, 0.3) is 11.6 Å². The fourth-order valence-corrected chi connectivity index (χ4v) is 1.65. The van der Waals surface area contributed by atoms with Crippen molar-refractivity contribution in [2.45, 2.75) is 26.2 Å². The molecule has 0 radical (unpaired) electrons.